The van der Waals surface area contributed by atoms with Gasteiger partial charge in [-0.1, -0.05) is 31.9 Å². The van der Waals surface area contributed by atoms with Gasteiger partial charge in [0.25, 0.3) is 0 Å². The number of unbranched alkanes of at least 4 members (excludes halogenated alkanes) is 2. The first-order valence-electron chi connectivity index (χ1n) is 6.04. The van der Waals surface area contributed by atoms with Crippen molar-refractivity contribution in [3.63, 3.8) is 0 Å². The van der Waals surface area contributed by atoms with Gasteiger partial charge >= 0.3 is 5.97 Å². The molecule has 0 aliphatic heterocycles. The number of ether oxygens (including phenoxy) is 2. The van der Waals surface area contributed by atoms with Gasteiger partial charge in [-0.2, -0.15) is 0 Å². The zero-order valence-corrected chi connectivity index (χ0v) is 10.6. The Morgan fingerprint density at radius 2 is 1.88 bits per heavy atom. The number of esters is 1. The summed E-state index contributed by atoms with van der Waals surface area (Å²) in [6, 6.07) is 7.52. The maximum atomic E-state index is 11.4. The van der Waals surface area contributed by atoms with E-state index in [1.807, 2.05) is 24.3 Å². The van der Waals surface area contributed by atoms with Crippen LogP contribution in [0.1, 0.15) is 38.2 Å². The summed E-state index contributed by atoms with van der Waals surface area (Å²) >= 11 is 0. The Labute approximate surface area is 103 Å². The minimum Gasteiger partial charge on any atom is -0.497 e. The van der Waals surface area contributed by atoms with E-state index in [2.05, 4.69) is 6.92 Å². The third kappa shape index (κ3) is 5.38. The average molecular weight is 236 g/mol. The van der Waals surface area contributed by atoms with E-state index in [4.69, 9.17) is 9.47 Å². The minimum atomic E-state index is -0.116. The Bertz CT molecular complexity index is 330. The van der Waals surface area contributed by atoms with Crippen LogP contribution in [0, 0.1) is 0 Å². The Balaban J connectivity index is 2.27. The van der Waals surface area contributed by atoms with Crippen LogP contribution in [-0.4, -0.2) is 13.1 Å². The molecule has 0 spiro atoms. The van der Waals surface area contributed by atoms with Crippen LogP contribution in [0.3, 0.4) is 0 Å². The molecule has 0 heterocycles. The number of carbonyl (C=O) groups is 1. The summed E-state index contributed by atoms with van der Waals surface area (Å²) in [4.78, 5) is 11.4. The molecule has 0 atom stereocenters. The van der Waals surface area contributed by atoms with Crippen molar-refractivity contribution < 1.29 is 14.3 Å². The Morgan fingerprint density at radius 1 is 1.18 bits per heavy atom. The number of methoxy groups -OCH3 is 1. The van der Waals surface area contributed by atoms with Gasteiger partial charge in [0.2, 0.25) is 0 Å². The molecular formula is C14H20O3. The van der Waals surface area contributed by atoms with E-state index in [-0.39, 0.29) is 5.97 Å². The fraction of sp³-hybridized carbons (Fsp3) is 0.500. The molecule has 0 aliphatic rings. The fourth-order valence-corrected chi connectivity index (χ4v) is 1.48. The van der Waals surface area contributed by atoms with Gasteiger partial charge in [-0.05, 0) is 24.1 Å². The van der Waals surface area contributed by atoms with E-state index in [0.29, 0.717) is 13.0 Å². The third-order valence-corrected chi connectivity index (χ3v) is 2.54. The molecular weight excluding hydrogens is 216 g/mol. The van der Waals surface area contributed by atoms with E-state index < -0.39 is 0 Å². The lowest BCUT2D eigenvalue weighted by Gasteiger charge is -2.05. The second-order valence-electron chi connectivity index (χ2n) is 3.97. The maximum Gasteiger partial charge on any atom is 0.306 e. The van der Waals surface area contributed by atoms with Crippen LogP contribution in [0.15, 0.2) is 24.3 Å². The molecule has 0 unspecified atom stereocenters. The number of carbonyl (C=O) groups excluding carboxylic acids is 1. The van der Waals surface area contributed by atoms with Crippen LogP contribution in [0.25, 0.3) is 0 Å². The largest absolute Gasteiger partial charge is 0.497 e. The standard InChI is InChI=1S/C14H20O3/c1-3-4-5-6-14(15)17-11-12-7-9-13(16-2)10-8-12/h7-10H,3-6,11H2,1-2H3. The van der Waals surface area contributed by atoms with Crippen molar-refractivity contribution in [1.29, 1.82) is 0 Å². The van der Waals surface area contributed by atoms with Crippen molar-refractivity contribution in [2.75, 3.05) is 7.11 Å². The van der Waals surface area contributed by atoms with Crippen LogP contribution in [0.2, 0.25) is 0 Å². The van der Waals surface area contributed by atoms with Crippen LogP contribution in [-0.2, 0) is 16.1 Å². The molecule has 1 aromatic carbocycles. The van der Waals surface area contributed by atoms with Crippen molar-refractivity contribution in [2.45, 2.75) is 39.2 Å². The molecule has 0 N–H and O–H groups in total. The van der Waals surface area contributed by atoms with E-state index in [0.717, 1.165) is 30.6 Å². The third-order valence-electron chi connectivity index (χ3n) is 2.54. The molecule has 0 radical (unpaired) electrons. The molecule has 0 aliphatic carbocycles. The highest BCUT2D eigenvalue weighted by Gasteiger charge is 2.02. The summed E-state index contributed by atoms with van der Waals surface area (Å²) in [6.07, 6.45) is 3.63. The molecule has 17 heavy (non-hydrogen) atoms. The molecule has 0 aromatic heterocycles. The van der Waals surface area contributed by atoms with E-state index in [9.17, 15) is 4.79 Å². The first-order valence-corrected chi connectivity index (χ1v) is 6.04. The van der Waals surface area contributed by atoms with E-state index in [1.54, 1.807) is 7.11 Å². The normalized spacial score (nSPS) is 10.0. The van der Waals surface area contributed by atoms with Crippen LogP contribution in [0.5, 0.6) is 5.75 Å². The maximum absolute atomic E-state index is 11.4. The van der Waals surface area contributed by atoms with Gasteiger partial charge in [-0.15, -0.1) is 0 Å². The zero-order chi connectivity index (χ0) is 12.5. The van der Waals surface area contributed by atoms with Gasteiger partial charge < -0.3 is 9.47 Å². The molecule has 94 valence electrons. The van der Waals surface area contributed by atoms with Crippen LogP contribution < -0.4 is 4.74 Å². The highest BCUT2D eigenvalue weighted by atomic mass is 16.5. The number of benzene rings is 1. The smallest absolute Gasteiger partial charge is 0.306 e. The second-order valence-corrected chi connectivity index (χ2v) is 3.97. The van der Waals surface area contributed by atoms with Gasteiger partial charge in [0.05, 0.1) is 7.11 Å². The predicted octanol–water partition coefficient (Wildman–Crippen LogP) is 3.32. The molecule has 0 bridgehead atoms. The Hall–Kier alpha value is -1.51. The molecule has 3 heteroatoms. The average Bonchev–Trinajstić information content (AvgIpc) is 2.37. The van der Waals surface area contributed by atoms with Crippen molar-refractivity contribution in [2.24, 2.45) is 0 Å². The predicted molar refractivity (Wildman–Crippen MR) is 66.9 cm³/mol. The summed E-state index contributed by atoms with van der Waals surface area (Å²) in [7, 11) is 1.63. The molecule has 3 nitrogen and oxygen atoms in total. The summed E-state index contributed by atoms with van der Waals surface area (Å²) in [5.41, 5.74) is 0.981. The first kappa shape index (κ1) is 13.6. The lowest BCUT2D eigenvalue weighted by molar-refractivity contribution is -0.145. The van der Waals surface area contributed by atoms with E-state index >= 15 is 0 Å². The van der Waals surface area contributed by atoms with Crippen molar-refractivity contribution in [3.8, 4) is 5.75 Å². The lowest BCUT2D eigenvalue weighted by atomic mass is 10.2. The quantitative estimate of drug-likeness (QED) is 0.538. The molecule has 0 saturated carbocycles. The molecule has 0 amide bonds. The first-order chi connectivity index (χ1) is 8.26. The summed E-state index contributed by atoms with van der Waals surface area (Å²) in [5, 5.41) is 0. The fourth-order valence-electron chi connectivity index (χ4n) is 1.48. The van der Waals surface area contributed by atoms with Crippen molar-refractivity contribution in [1.82, 2.24) is 0 Å². The van der Waals surface area contributed by atoms with Gasteiger partial charge in [-0.3, -0.25) is 4.79 Å². The van der Waals surface area contributed by atoms with Crippen LogP contribution >= 0.6 is 0 Å². The Kier molecular flexibility index (Phi) is 6.15. The number of hydrogen-bond acceptors (Lipinski definition) is 3. The molecule has 1 rings (SSSR count). The summed E-state index contributed by atoms with van der Waals surface area (Å²) in [6.45, 7) is 2.46. The summed E-state index contributed by atoms with van der Waals surface area (Å²) < 4.78 is 10.2. The van der Waals surface area contributed by atoms with Gasteiger partial charge in [0.1, 0.15) is 12.4 Å². The summed E-state index contributed by atoms with van der Waals surface area (Å²) in [5.74, 6) is 0.692. The SMILES string of the molecule is CCCCCC(=O)OCc1ccc(OC)cc1. The van der Waals surface area contributed by atoms with Crippen molar-refractivity contribution >= 4 is 5.97 Å². The van der Waals surface area contributed by atoms with Gasteiger partial charge in [0.15, 0.2) is 0 Å². The van der Waals surface area contributed by atoms with Crippen molar-refractivity contribution in [3.05, 3.63) is 29.8 Å². The topological polar surface area (TPSA) is 35.5 Å². The molecule has 0 saturated heterocycles. The molecule has 1 aromatic rings. The van der Waals surface area contributed by atoms with Gasteiger partial charge in [-0.25, -0.2) is 0 Å². The monoisotopic (exact) mass is 236 g/mol. The highest BCUT2D eigenvalue weighted by molar-refractivity contribution is 5.69. The second kappa shape index (κ2) is 7.71. The highest BCUT2D eigenvalue weighted by Crippen LogP contribution is 2.12. The lowest BCUT2D eigenvalue weighted by Crippen LogP contribution is -2.04. The van der Waals surface area contributed by atoms with Gasteiger partial charge in [0, 0.05) is 6.42 Å². The zero-order valence-electron chi connectivity index (χ0n) is 10.6. The number of hydrogen-bond donors (Lipinski definition) is 0. The Morgan fingerprint density at radius 3 is 2.47 bits per heavy atom. The minimum absolute atomic E-state index is 0.116. The number of rotatable bonds is 7. The molecule has 0 fully saturated rings. The van der Waals surface area contributed by atoms with E-state index in [1.165, 1.54) is 0 Å². The van der Waals surface area contributed by atoms with Crippen LogP contribution in [0.4, 0.5) is 0 Å².